The molecule has 3 rings (SSSR count). The van der Waals surface area contributed by atoms with E-state index in [0.717, 1.165) is 22.7 Å². The Labute approximate surface area is 189 Å². The number of hydrazone groups is 1. The molecular formula is C22H23N5O4S. The van der Waals surface area contributed by atoms with Gasteiger partial charge in [-0.25, -0.2) is 10.2 Å². The maximum absolute atomic E-state index is 12.2. The molecule has 0 saturated carbocycles. The number of methoxy groups -OCH3 is 2. The molecule has 9 nitrogen and oxygen atoms in total. The van der Waals surface area contributed by atoms with Gasteiger partial charge in [0.1, 0.15) is 5.75 Å². The Bertz CT molecular complexity index is 1090. The number of hydrogen-bond acceptors (Lipinski definition) is 8. The van der Waals surface area contributed by atoms with Gasteiger partial charge in [-0.2, -0.15) is 5.10 Å². The predicted octanol–water partition coefficient (Wildman–Crippen LogP) is 3.00. The summed E-state index contributed by atoms with van der Waals surface area (Å²) >= 11 is 1.28. The molecular weight excluding hydrogens is 430 g/mol. The molecule has 1 heterocycles. The smallest absolute Gasteiger partial charge is 0.337 e. The van der Waals surface area contributed by atoms with E-state index in [-0.39, 0.29) is 11.7 Å². The van der Waals surface area contributed by atoms with E-state index in [1.165, 1.54) is 25.1 Å². The van der Waals surface area contributed by atoms with Crippen molar-refractivity contribution in [3.05, 3.63) is 59.7 Å². The second kappa shape index (κ2) is 11.1. The molecule has 10 heteroatoms. The van der Waals surface area contributed by atoms with Crippen molar-refractivity contribution in [1.29, 1.82) is 0 Å². The normalized spacial score (nSPS) is 10.8. The van der Waals surface area contributed by atoms with Gasteiger partial charge in [-0.1, -0.05) is 23.9 Å². The quantitative estimate of drug-likeness (QED) is 0.230. The van der Waals surface area contributed by atoms with Crippen molar-refractivity contribution in [1.82, 2.24) is 20.2 Å². The SMILES string of the molecule is CCn1c(SCC(=O)NN=Cc2ccc(C(=O)OC)cc2)nnc1-c1ccc(OC)cc1. The molecule has 0 saturated heterocycles. The molecule has 0 radical (unpaired) electrons. The monoisotopic (exact) mass is 453 g/mol. The molecule has 3 aromatic rings. The maximum Gasteiger partial charge on any atom is 0.337 e. The first kappa shape index (κ1) is 23.0. The lowest BCUT2D eigenvalue weighted by Crippen LogP contribution is -2.20. The molecule has 2 aromatic carbocycles. The van der Waals surface area contributed by atoms with Crippen molar-refractivity contribution in [3.63, 3.8) is 0 Å². The minimum atomic E-state index is -0.408. The van der Waals surface area contributed by atoms with Gasteiger partial charge in [-0.05, 0) is 48.9 Å². The standard InChI is InChI=1S/C22H23N5O4S/c1-4-27-20(16-9-11-18(30-2)12-10-16)25-26-22(27)32-14-19(28)24-23-13-15-5-7-17(8-6-15)21(29)31-3/h5-13H,4,14H2,1-3H3,(H,24,28). The first-order chi connectivity index (χ1) is 15.5. The van der Waals surface area contributed by atoms with Gasteiger partial charge in [0, 0.05) is 12.1 Å². The summed E-state index contributed by atoms with van der Waals surface area (Å²) in [7, 11) is 2.95. The molecule has 0 bridgehead atoms. The minimum absolute atomic E-state index is 0.138. The third-order valence-corrected chi connectivity index (χ3v) is 5.42. The van der Waals surface area contributed by atoms with E-state index in [0.29, 0.717) is 17.3 Å². The summed E-state index contributed by atoms with van der Waals surface area (Å²) in [5.74, 6) is 0.955. The van der Waals surface area contributed by atoms with Crippen LogP contribution in [0.1, 0.15) is 22.8 Å². The summed E-state index contributed by atoms with van der Waals surface area (Å²) in [6.07, 6.45) is 1.50. The van der Waals surface area contributed by atoms with Crippen LogP contribution in [0, 0.1) is 0 Å². The van der Waals surface area contributed by atoms with Crippen LogP contribution in [-0.2, 0) is 16.1 Å². The van der Waals surface area contributed by atoms with Gasteiger partial charge in [-0.15, -0.1) is 10.2 Å². The van der Waals surface area contributed by atoms with Gasteiger partial charge < -0.3 is 14.0 Å². The summed E-state index contributed by atoms with van der Waals surface area (Å²) in [5, 5.41) is 13.1. The molecule has 0 aliphatic carbocycles. The molecule has 0 aliphatic rings. The minimum Gasteiger partial charge on any atom is -0.497 e. The number of rotatable bonds is 9. The van der Waals surface area contributed by atoms with Crippen molar-refractivity contribution in [2.24, 2.45) is 5.10 Å². The predicted molar refractivity (Wildman–Crippen MR) is 122 cm³/mol. The molecule has 1 aromatic heterocycles. The summed E-state index contributed by atoms with van der Waals surface area (Å²) in [6, 6.07) is 14.2. The number of hydrogen-bond donors (Lipinski definition) is 1. The number of esters is 1. The van der Waals surface area contributed by atoms with Gasteiger partial charge in [0.2, 0.25) is 0 Å². The Morgan fingerprint density at radius 3 is 2.44 bits per heavy atom. The van der Waals surface area contributed by atoms with E-state index in [9.17, 15) is 9.59 Å². The zero-order valence-electron chi connectivity index (χ0n) is 17.9. The van der Waals surface area contributed by atoms with Crippen LogP contribution in [0.2, 0.25) is 0 Å². The molecule has 0 aliphatic heterocycles. The van der Waals surface area contributed by atoms with Crippen LogP contribution in [0.15, 0.2) is 58.8 Å². The van der Waals surface area contributed by atoms with Crippen LogP contribution in [0.4, 0.5) is 0 Å². The highest BCUT2D eigenvalue weighted by Gasteiger charge is 2.14. The van der Waals surface area contributed by atoms with Crippen LogP contribution in [0.25, 0.3) is 11.4 Å². The van der Waals surface area contributed by atoms with Crippen molar-refractivity contribution < 1.29 is 19.1 Å². The Balaban J connectivity index is 1.56. The maximum atomic E-state index is 12.2. The topological polar surface area (TPSA) is 108 Å². The van der Waals surface area contributed by atoms with E-state index in [4.69, 9.17) is 4.74 Å². The zero-order chi connectivity index (χ0) is 22.9. The number of carbonyl (C=O) groups excluding carboxylic acids is 2. The third kappa shape index (κ3) is 5.73. The third-order valence-electron chi connectivity index (χ3n) is 4.45. The lowest BCUT2D eigenvalue weighted by molar-refractivity contribution is -0.118. The fourth-order valence-electron chi connectivity index (χ4n) is 2.80. The van der Waals surface area contributed by atoms with Crippen LogP contribution >= 0.6 is 11.8 Å². The van der Waals surface area contributed by atoms with E-state index in [1.54, 1.807) is 31.4 Å². The number of ether oxygens (including phenoxy) is 2. The Hall–Kier alpha value is -3.66. The molecule has 0 unspecified atom stereocenters. The number of aromatic nitrogens is 3. The van der Waals surface area contributed by atoms with Crippen LogP contribution in [-0.4, -0.2) is 52.8 Å². The summed E-state index contributed by atoms with van der Waals surface area (Å²) < 4.78 is 11.8. The number of benzene rings is 2. The average molecular weight is 454 g/mol. The lowest BCUT2D eigenvalue weighted by atomic mass is 10.1. The highest BCUT2D eigenvalue weighted by Crippen LogP contribution is 2.25. The lowest BCUT2D eigenvalue weighted by Gasteiger charge is -2.07. The molecule has 0 spiro atoms. The fourth-order valence-corrected chi connectivity index (χ4v) is 3.59. The number of thioether (sulfide) groups is 1. The Morgan fingerprint density at radius 1 is 1.09 bits per heavy atom. The number of amides is 1. The van der Waals surface area contributed by atoms with E-state index in [1.807, 2.05) is 35.8 Å². The number of carbonyl (C=O) groups is 2. The molecule has 166 valence electrons. The number of nitrogens with one attached hydrogen (secondary N) is 1. The fraction of sp³-hybridized carbons (Fsp3) is 0.227. The highest BCUT2D eigenvalue weighted by atomic mass is 32.2. The van der Waals surface area contributed by atoms with Crippen molar-refractivity contribution in [3.8, 4) is 17.1 Å². The molecule has 32 heavy (non-hydrogen) atoms. The first-order valence-corrected chi connectivity index (χ1v) is 10.7. The van der Waals surface area contributed by atoms with E-state index < -0.39 is 5.97 Å². The van der Waals surface area contributed by atoms with E-state index in [2.05, 4.69) is 25.5 Å². The van der Waals surface area contributed by atoms with Gasteiger partial charge >= 0.3 is 5.97 Å². The van der Waals surface area contributed by atoms with Gasteiger partial charge in [0.15, 0.2) is 11.0 Å². The summed E-state index contributed by atoms with van der Waals surface area (Å²) in [4.78, 5) is 23.6. The zero-order valence-corrected chi connectivity index (χ0v) is 18.8. The molecule has 0 fully saturated rings. The largest absolute Gasteiger partial charge is 0.497 e. The van der Waals surface area contributed by atoms with Crippen LogP contribution in [0.3, 0.4) is 0 Å². The van der Waals surface area contributed by atoms with Crippen LogP contribution < -0.4 is 10.2 Å². The van der Waals surface area contributed by atoms with E-state index >= 15 is 0 Å². The Morgan fingerprint density at radius 2 is 1.81 bits per heavy atom. The highest BCUT2D eigenvalue weighted by molar-refractivity contribution is 7.99. The second-order valence-electron chi connectivity index (χ2n) is 6.47. The second-order valence-corrected chi connectivity index (χ2v) is 7.42. The average Bonchev–Trinajstić information content (AvgIpc) is 3.25. The summed E-state index contributed by atoms with van der Waals surface area (Å²) in [5.41, 5.74) is 4.58. The van der Waals surface area contributed by atoms with Crippen molar-refractivity contribution in [2.75, 3.05) is 20.0 Å². The van der Waals surface area contributed by atoms with Crippen molar-refractivity contribution >= 4 is 29.9 Å². The molecule has 1 N–H and O–H groups in total. The number of nitrogens with zero attached hydrogens (tertiary/aromatic N) is 4. The van der Waals surface area contributed by atoms with Gasteiger partial charge in [0.05, 0.1) is 31.8 Å². The Kier molecular flexibility index (Phi) is 7.98. The van der Waals surface area contributed by atoms with Gasteiger partial charge in [0.25, 0.3) is 5.91 Å². The molecule has 1 amide bonds. The van der Waals surface area contributed by atoms with Crippen LogP contribution in [0.5, 0.6) is 5.75 Å². The first-order valence-electron chi connectivity index (χ1n) is 9.76. The van der Waals surface area contributed by atoms with Crippen molar-refractivity contribution in [2.45, 2.75) is 18.6 Å². The molecule has 0 atom stereocenters. The van der Waals surface area contributed by atoms with Gasteiger partial charge in [-0.3, -0.25) is 4.79 Å². The summed E-state index contributed by atoms with van der Waals surface area (Å²) in [6.45, 7) is 2.66.